The third-order valence-corrected chi connectivity index (χ3v) is 4.05. The van der Waals surface area contributed by atoms with Crippen molar-refractivity contribution >= 4 is 17.2 Å². The van der Waals surface area contributed by atoms with Crippen LogP contribution in [0.15, 0.2) is 46.3 Å². The van der Waals surface area contributed by atoms with E-state index in [1.807, 2.05) is 17.5 Å². The zero-order chi connectivity index (χ0) is 16.9. The molecule has 0 saturated carbocycles. The summed E-state index contributed by atoms with van der Waals surface area (Å²) in [5.74, 6) is 0.661. The van der Waals surface area contributed by atoms with Gasteiger partial charge in [0.2, 0.25) is 11.7 Å². The Bertz CT molecular complexity index is 802. The highest BCUT2D eigenvalue weighted by atomic mass is 32.1. The van der Waals surface area contributed by atoms with Crippen LogP contribution in [-0.4, -0.2) is 34.6 Å². The molecule has 0 aliphatic carbocycles. The number of hydrogen-bond donors (Lipinski definition) is 0. The van der Waals surface area contributed by atoms with E-state index in [-0.39, 0.29) is 24.9 Å². The molecule has 2 aromatic heterocycles. The van der Waals surface area contributed by atoms with Crippen LogP contribution in [0, 0.1) is 5.82 Å². The quantitative estimate of drug-likeness (QED) is 0.686. The summed E-state index contributed by atoms with van der Waals surface area (Å²) < 4.78 is 23.3. The third-order valence-electron chi connectivity index (χ3n) is 3.18. The standard InChI is InChI=1S/C16H14FN3O3S/c1-20(15(21)10-22-12-6-4-11(17)5-7-12)9-14-18-16(19-23-14)13-3-2-8-24-13/h2-8H,9-10H2,1H3. The molecule has 124 valence electrons. The van der Waals surface area contributed by atoms with Crippen molar-refractivity contribution < 1.29 is 18.4 Å². The minimum absolute atomic E-state index is 0.159. The Balaban J connectivity index is 1.53. The molecule has 3 aromatic rings. The summed E-state index contributed by atoms with van der Waals surface area (Å²) in [7, 11) is 1.62. The SMILES string of the molecule is CN(Cc1nc(-c2cccs2)no1)C(=O)COc1ccc(F)cc1. The molecular weight excluding hydrogens is 333 g/mol. The second kappa shape index (κ2) is 7.22. The Kier molecular flexibility index (Phi) is 4.85. The van der Waals surface area contributed by atoms with Crippen LogP contribution in [0.5, 0.6) is 5.75 Å². The van der Waals surface area contributed by atoms with Crippen molar-refractivity contribution in [3.63, 3.8) is 0 Å². The Morgan fingerprint density at radius 2 is 2.12 bits per heavy atom. The van der Waals surface area contributed by atoms with Crippen LogP contribution in [0.4, 0.5) is 4.39 Å². The number of thiophene rings is 1. The van der Waals surface area contributed by atoms with Crippen LogP contribution in [0.25, 0.3) is 10.7 Å². The molecule has 8 heteroatoms. The van der Waals surface area contributed by atoms with E-state index in [4.69, 9.17) is 9.26 Å². The predicted octanol–water partition coefficient (Wildman–Crippen LogP) is 2.97. The molecule has 0 aliphatic rings. The zero-order valence-corrected chi connectivity index (χ0v) is 13.6. The fraction of sp³-hybridized carbons (Fsp3) is 0.188. The van der Waals surface area contributed by atoms with E-state index in [1.165, 1.54) is 40.5 Å². The summed E-state index contributed by atoms with van der Waals surface area (Å²) in [6.45, 7) is 0.0258. The Labute approximate surface area is 141 Å². The lowest BCUT2D eigenvalue weighted by atomic mass is 10.3. The highest BCUT2D eigenvalue weighted by molar-refractivity contribution is 7.13. The molecule has 0 atom stereocenters. The van der Waals surface area contributed by atoms with E-state index >= 15 is 0 Å². The molecule has 0 saturated heterocycles. The van der Waals surface area contributed by atoms with Crippen molar-refractivity contribution in [2.45, 2.75) is 6.54 Å². The molecular formula is C16H14FN3O3S. The fourth-order valence-corrected chi connectivity index (χ4v) is 2.55. The summed E-state index contributed by atoms with van der Waals surface area (Å²) in [5.41, 5.74) is 0. The fourth-order valence-electron chi connectivity index (χ4n) is 1.90. The van der Waals surface area contributed by atoms with Crippen molar-refractivity contribution in [3.05, 3.63) is 53.5 Å². The van der Waals surface area contributed by atoms with Gasteiger partial charge in [0.05, 0.1) is 11.4 Å². The molecule has 2 heterocycles. The molecule has 1 aromatic carbocycles. The van der Waals surface area contributed by atoms with Crippen molar-refractivity contribution in [1.82, 2.24) is 15.0 Å². The van der Waals surface area contributed by atoms with Gasteiger partial charge >= 0.3 is 0 Å². The number of carbonyl (C=O) groups is 1. The van der Waals surface area contributed by atoms with Crippen molar-refractivity contribution in [2.75, 3.05) is 13.7 Å². The van der Waals surface area contributed by atoms with E-state index in [9.17, 15) is 9.18 Å². The molecule has 0 bridgehead atoms. The highest BCUT2D eigenvalue weighted by Gasteiger charge is 2.15. The minimum atomic E-state index is -0.358. The maximum Gasteiger partial charge on any atom is 0.260 e. The number of likely N-dealkylation sites (N-methyl/N-ethyl adjacent to an activating group) is 1. The highest BCUT2D eigenvalue weighted by Crippen LogP contribution is 2.21. The van der Waals surface area contributed by atoms with Gasteiger partial charge in [-0.2, -0.15) is 4.98 Å². The van der Waals surface area contributed by atoms with Gasteiger partial charge in [-0.15, -0.1) is 11.3 Å². The monoisotopic (exact) mass is 347 g/mol. The van der Waals surface area contributed by atoms with Crippen LogP contribution in [-0.2, 0) is 11.3 Å². The van der Waals surface area contributed by atoms with Gasteiger partial charge in [0.25, 0.3) is 5.91 Å². The first-order valence-corrected chi connectivity index (χ1v) is 7.98. The molecule has 6 nitrogen and oxygen atoms in total. The number of benzene rings is 1. The molecule has 0 unspecified atom stereocenters. The number of nitrogens with zero attached hydrogens (tertiary/aromatic N) is 3. The Morgan fingerprint density at radius 1 is 1.33 bits per heavy atom. The summed E-state index contributed by atoms with van der Waals surface area (Å²) in [4.78, 5) is 18.6. The van der Waals surface area contributed by atoms with E-state index in [2.05, 4.69) is 10.1 Å². The average molecular weight is 347 g/mol. The van der Waals surface area contributed by atoms with Gasteiger partial charge in [0.1, 0.15) is 11.6 Å². The zero-order valence-electron chi connectivity index (χ0n) is 12.8. The summed E-state index contributed by atoms with van der Waals surface area (Å²) in [5, 5.41) is 5.82. The maximum atomic E-state index is 12.8. The molecule has 3 rings (SSSR count). The van der Waals surface area contributed by atoms with E-state index in [0.717, 1.165) is 4.88 Å². The first-order chi connectivity index (χ1) is 11.6. The van der Waals surface area contributed by atoms with Gasteiger partial charge in [0, 0.05) is 7.05 Å². The number of ether oxygens (including phenoxy) is 1. The largest absolute Gasteiger partial charge is 0.484 e. The van der Waals surface area contributed by atoms with Gasteiger partial charge in [-0.3, -0.25) is 4.79 Å². The first kappa shape index (κ1) is 16.1. The third kappa shape index (κ3) is 3.96. The number of rotatable bonds is 6. The van der Waals surface area contributed by atoms with Crippen LogP contribution in [0.3, 0.4) is 0 Å². The molecule has 0 spiro atoms. The maximum absolute atomic E-state index is 12.8. The lowest BCUT2D eigenvalue weighted by Crippen LogP contribution is -2.31. The number of halogens is 1. The average Bonchev–Trinajstić information content (AvgIpc) is 3.25. The van der Waals surface area contributed by atoms with Crippen LogP contribution in [0.2, 0.25) is 0 Å². The summed E-state index contributed by atoms with van der Waals surface area (Å²) in [6.07, 6.45) is 0. The normalized spacial score (nSPS) is 10.6. The van der Waals surface area contributed by atoms with Gasteiger partial charge < -0.3 is 14.2 Å². The lowest BCUT2D eigenvalue weighted by molar-refractivity contribution is -0.132. The molecule has 0 radical (unpaired) electrons. The molecule has 0 fully saturated rings. The number of hydrogen-bond acceptors (Lipinski definition) is 6. The molecule has 24 heavy (non-hydrogen) atoms. The summed E-state index contributed by atoms with van der Waals surface area (Å²) >= 11 is 1.51. The Hall–Kier alpha value is -2.74. The van der Waals surface area contributed by atoms with Crippen molar-refractivity contribution in [2.24, 2.45) is 0 Å². The summed E-state index contributed by atoms with van der Waals surface area (Å²) in [6, 6.07) is 9.27. The molecule has 0 aliphatic heterocycles. The van der Waals surface area contributed by atoms with Gasteiger partial charge in [0.15, 0.2) is 6.61 Å². The van der Waals surface area contributed by atoms with Crippen molar-refractivity contribution in [1.29, 1.82) is 0 Å². The predicted molar refractivity (Wildman–Crippen MR) is 86.0 cm³/mol. The van der Waals surface area contributed by atoms with E-state index in [1.54, 1.807) is 7.05 Å². The second-order valence-corrected chi connectivity index (χ2v) is 5.93. The first-order valence-electron chi connectivity index (χ1n) is 7.10. The molecule has 0 N–H and O–H groups in total. The minimum Gasteiger partial charge on any atom is -0.484 e. The van der Waals surface area contributed by atoms with Gasteiger partial charge in [-0.05, 0) is 35.7 Å². The topological polar surface area (TPSA) is 68.5 Å². The van der Waals surface area contributed by atoms with Crippen LogP contribution < -0.4 is 4.74 Å². The van der Waals surface area contributed by atoms with E-state index in [0.29, 0.717) is 17.5 Å². The van der Waals surface area contributed by atoms with Crippen LogP contribution in [0.1, 0.15) is 5.89 Å². The van der Waals surface area contributed by atoms with Crippen LogP contribution >= 0.6 is 11.3 Å². The smallest absolute Gasteiger partial charge is 0.260 e. The molecule has 1 amide bonds. The number of carbonyl (C=O) groups excluding carboxylic acids is 1. The van der Waals surface area contributed by atoms with E-state index < -0.39 is 0 Å². The number of aromatic nitrogens is 2. The van der Waals surface area contributed by atoms with Gasteiger partial charge in [-0.25, -0.2) is 4.39 Å². The number of amides is 1. The lowest BCUT2D eigenvalue weighted by Gasteiger charge is -2.15. The second-order valence-electron chi connectivity index (χ2n) is 4.98. The van der Waals surface area contributed by atoms with Crippen molar-refractivity contribution in [3.8, 4) is 16.5 Å². The Morgan fingerprint density at radius 3 is 2.83 bits per heavy atom. The van der Waals surface area contributed by atoms with Gasteiger partial charge in [-0.1, -0.05) is 11.2 Å².